The summed E-state index contributed by atoms with van der Waals surface area (Å²) in [5, 5.41) is 9.11. The Morgan fingerprint density at radius 2 is 2.50 bits per heavy atom. The largest absolute Gasteiger partial charge is 0.345 e. The van der Waals surface area contributed by atoms with Crippen LogP contribution in [0.2, 0.25) is 0 Å². The van der Waals surface area contributed by atoms with Crippen LogP contribution >= 0.6 is 15.9 Å². The molecule has 0 atom stereocenters. The zero-order valence-electron chi connectivity index (χ0n) is 8.57. The predicted molar refractivity (Wildman–Crippen MR) is 60.7 cm³/mol. The molecule has 0 aliphatic heterocycles. The lowest BCUT2D eigenvalue weighted by molar-refractivity contribution is 0.0942. The second-order valence-corrected chi connectivity index (χ2v) is 4.18. The second-order valence-electron chi connectivity index (χ2n) is 3.27. The number of nitrogens with one attached hydrogen (secondary N) is 2. The predicted octanol–water partition coefficient (Wildman–Crippen LogP) is 0.836. The minimum Gasteiger partial charge on any atom is -0.345 e. The van der Waals surface area contributed by atoms with Crippen LogP contribution in [-0.4, -0.2) is 25.7 Å². The third-order valence-corrected chi connectivity index (χ3v) is 2.52. The summed E-state index contributed by atoms with van der Waals surface area (Å²) in [5.41, 5.74) is 0.589. The molecule has 0 bridgehead atoms. The number of aryl methyl sites for hydroxylation is 1. The average molecular weight is 284 g/mol. The highest BCUT2D eigenvalue weighted by atomic mass is 79.9. The van der Waals surface area contributed by atoms with Crippen molar-refractivity contribution in [3.8, 4) is 0 Å². The van der Waals surface area contributed by atoms with E-state index in [1.807, 2.05) is 13.2 Å². The topological polar surface area (TPSA) is 75.6 Å². The van der Waals surface area contributed by atoms with E-state index in [2.05, 4.69) is 36.4 Å². The lowest BCUT2D eigenvalue weighted by Gasteiger charge is -2.03. The number of carbonyl (C=O) groups is 1. The zero-order chi connectivity index (χ0) is 11.5. The summed E-state index contributed by atoms with van der Waals surface area (Å²) in [5.74, 6) is 0.478. The molecule has 2 heterocycles. The lowest BCUT2D eigenvalue weighted by atomic mass is 10.4. The molecule has 0 aromatic carbocycles. The van der Waals surface area contributed by atoms with E-state index in [-0.39, 0.29) is 5.91 Å². The Hall–Kier alpha value is -1.63. The van der Waals surface area contributed by atoms with Crippen molar-refractivity contribution in [2.75, 3.05) is 0 Å². The number of carbonyl (C=O) groups excluding carboxylic acids is 1. The molecular formula is C9H10BrN5O. The van der Waals surface area contributed by atoms with Gasteiger partial charge in [-0.05, 0) is 22.0 Å². The Morgan fingerprint density at radius 3 is 3.06 bits per heavy atom. The molecule has 2 aromatic heterocycles. The molecule has 2 N–H and O–H groups in total. The quantitative estimate of drug-likeness (QED) is 0.876. The Kier molecular flexibility index (Phi) is 3.04. The van der Waals surface area contributed by atoms with Gasteiger partial charge in [-0.3, -0.25) is 9.89 Å². The first-order valence-corrected chi connectivity index (χ1v) is 5.40. The molecule has 2 aromatic rings. The van der Waals surface area contributed by atoms with Gasteiger partial charge >= 0.3 is 0 Å². The number of nitrogens with zero attached hydrogens (tertiary/aromatic N) is 3. The number of aromatic amines is 1. The Bertz CT molecular complexity index is 490. The van der Waals surface area contributed by atoms with Gasteiger partial charge in [0.1, 0.15) is 17.8 Å². The molecular weight excluding hydrogens is 274 g/mol. The van der Waals surface area contributed by atoms with E-state index < -0.39 is 0 Å². The average Bonchev–Trinajstić information content (AvgIpc) is 2.84. The molecule has 0 aliphatic carbocycles. The molecule has 0 unspecified atom stereocenters. The molecule has 2 rings (SSSR count). The van der Waals surface area contributed by atoms with Crippen LogP contribution in [-0.2, 0) is 13.6 Å². The molecule has 0 saturated carbocycles. The van der Waals surface area contributed by atoms with E-state index in [1.165, 1.54) is 6.33 Å². The van der Waals surface area contributed by atoms with E-state index in [4.69, 9.17) is 0 Å². The maximum absolute atomic E-state index is 11.8. The Morgan fingerprint density at radius 1 is 1.69 bits per heavy atom. The molecule has 16 heavy (non-hydrogen) atoms. The fraction of sp³-hybridized carbons (Fsp3) is 0.222. The van der Waals surface area contributed by atoms with Crippen molar-refractivity contribution in [1.82, 2.24) is 25.1 Å². The van der Waals surface area contributed by atoms with Gasteiger partial charge in [0.05, 0.1) is 6.54 Å². The number of hydrogen-bond acceptors (Lipinski definition) is 3. The van der Waals surface area contributed by atoms with Crippen molar-refractivity contribution < 1.29 is 4.79 Å². The monoisotopic (exact) mass is 283 g/mol. The first kappa shape index (κ1) is 10.9. The number of hydrogen-bond donors (Lipinski definition) is 2. The summed E-state index contributed by atoms with van der Waals surface area (Å²) >= 11 is 3.31. The molecule has 0 radical (unpaired) electrons. The van der Waals surface area contributed by atoms with Gasteiger partial charge < -0.3 is 9.88 Å². The number of halogens is 1. The van der Waals surface area contributed by atoms with Crippen LogP contribution in [0.1, 0.15) is 16.3 Å². The van der Waals surface area contributed by atoms with Crippen molar-refractivity contribution in [3.63, 3.8) is 0 Å². The summed E-state index contributed by atoms with van der Waals surface area (Å²) in [4.78, 5) is 15.7. The molecule has 0 saturated heterocycles. The maximum Gasteiger partial charge on any atom is 0.268 e. The molecule has 84 valence electrons. The van der Waals surface area contributed by atoms with Crippen molar-refractivity contribution in [2.45, 2.75) is 6.54 Å². The number of aromatic nitrogens is 4. The van der Waals surface area contributed by atoms with Crippen molar-refractivity contribution in [3.05, 3.63) is 34.6 Å². The standard InChI is InChI=1S/C9H10BrN5O/c1-15-4-6(10)2-7(15)9(16)11-3-8-12-5-13-14-8/h2,4-5H,3H2,1H3,(H,11,16)(H,12,13,14). The second kappa shape index (κ2) is 4.48. The van der Waals surface area contributed by atoms with Gasteiger partial charge in [-0.2, -0.15) is 5.10 Å². The van der Waals surface area contributed by atoms with Crippen LogP contribution in [0.4, 0.5) is 0 Å². The molecule has 0 fully saturated rings. The van der Waals surface area contributed by atoms with Crippen LogP contribution in [0.3, 0.4) is 0 Å². The minimum atomic E-state index is -0.149. The third-order valence-electron chi connectivity index (χ3n) is 2.09. The number of H-pyrrole nitrogens is 1. The van der Waals surface area contributed by atoms with Crippen LogP contribution < -0.4 is 5.32 Å². The van der Waals surface area contributed by atoms with Crippen molar-refractivity contribution in [1.29, 1.82) is 0 Å². The van der Waals surface area contributed by atoms with Gasteiger partial charge in [0.15, 0.2) is 0 Å². The van der Waals surface area contributed by atoms with Crippen molar-refractivity contribution >= 4 is 21.8 Å². The van der Waals surface area contributed by atoms with Gasteiger partial charge in [0, 0.05) is 17.7 Å². The van der Waals surface area contributed by atoms with Crippen LogP contribution in [0.15, 0.2) is 23.1 Å². The minimum absolute atomic E-state index is 0.149. The van der Waals surface area contributed by atoms with E-state index in [0.29, 0.717) is 18.1 Å². The van der Waals surface area contributed by atoms with E-state index in [9.17, 15) is 4.79 Å². The summed E-state index contributed by atoms with van der Waals surface area (Å²) in [6.07, 6.45) is 3.23. The molecule has 0 aliphatic rings. The van der Waals surface area contributed by atoms with Crippen LogP contribution in [0, 0.1) is 0 Å². The molecule has 7 heteroatoms. The van der Waals surface area contributed by atoms with Gasteiger partial charge in [-0.1, -0.05) is 0 Å². The van der Waals surface area contributed by atoms with Gasteiger partial charge in [-0.25, -0.2) is 4.98 Å². The molecule has 6 nitrogen and oxygen atoms in total. The van der Waals surface area contributed by atoms with Gasteiger partial charge in [0.2, 0.25) is 0 Å². The van der Waals surface area contributed by atoms with Crippen LogP contribution in [0.5, 0.6) is 0 Å². The van der Waals surface area contributed by atoms with E-state index in [1.54, 1.807) is 10.6 Å². The summed E-state index contributed by atoms with van der Waals surface area (Å²) < 4.78 is 2.62. The summed E-state index contributed by atoms with van der Waals surface area (Å²) in [7, 11) is 1.81. The highest BCUT2D eigenvalue weighted by molar-refractivity contribution is 9.10. The first-order valence-electron chi connectivity index (χ1n) is 4.61. The highest BCUT2D eigenvalue weighted by Crippen LogP contribution is 2.13. The molecule has 0 spiro atoms. The van der Waals surface area contributed by atoms with Crippen LogP contribution in [0.25, 0.3) is 0 Å². The van der Waals surface area contributed by atoms with E-state index in [0.717, 1.165) is 4.47 Å². The zero-order valence-corrected chi connectivity index (χ0v) is 10.2. The normalized spacial score (nSPS) is 10.4. The van der Waals surface area contributed by atoms with Gasteiger partial charge in [0.25, 0.3) is 5.91 Å². The first-order chi connectivity index (χ1) is 7.66. The fourth-order valence-corrected chi connectivity index (χ4v) is 1.84. The third kappa shape index (κ3) is 2.30. The Labute approximate surface area is 100 Å². The fourth-order valence-electron chi connectivity index (χ4n) is 1.32. The Balaban J connectivity index is 2.01. The van der Waals surface area contributed by atoms with E-state index >= 15 is 0 Å². The lowest BCUT2D eigenvalue weighted by Crippen LogP contribution is -2.25. The smallest absolute Gasteiger partial charge is 0.268 e. The van der Waals surface area contributed by atoms with Gasteiger partial charge in [-0.15, -0.1) is 0 Å². The number of amides is 1. The molecule has 1 amide bonds. The number of rotatable bonds is 3. The van der Waals surface area contributed by atoms with Crippen molar-refractivity contribution in [2.24, 2.45) is 7.05 Å². The SMILES string of the molecule is Cn1cc(Br)cc1C(=O)NCc1ncn[nH]1. The maximum atomic E-state index is 11.8. The summed E-state index contributed by atoms with van der Waals surface area (Å²) in [6, 6.07) is 1.76. The highest BCUT2D eigenvalue weighted by Gasteiger charge is 2.10. The summed E-state index contributed by atoms with van der Waals surface area (Å²) in [6.45, 7) is 0.335.